The number of thiophene rings is 1. The number of rotatable bonds is 3. The number of hydrogen-bond donors (Lipinski definition) is 4. The molecule has 2 aromatic rings. The van der Waals surface area contributed by atoms with E-state index in [-0.39, 0.29) is 29.5 Å². The molecule has 1 saturated heterocycles. The number of aromatic hydroxyl groups is 1. The average Bonchev–Trinajstić information content (AvgIpc) is 3.20. The van der Waals surface area contributed by atoms with Crippen LogP contribution in [0.4, 0.5) is 10.5 Å². The Kier molecular flexibility index (Phi) is 7.70. The lowest BCUT2D eigenvalue weighted by Gasteiger charge is -2.12. The van der Waals surface area contributed by atoms with Gasteiger partial charge in [-0.05, 0) is 43.4 Å². The Morgan fingerprint density at radius 2 is 1.79 bits per heavy atom. The second-order valence-electron chi connectivity index (χ2n) is 8.15. The number of anilines is 1. The summed E-state index contributed by atoms with van der Waals surface area (Å²) in [6.07, 6.45) is 2.70. The zero-order valence-electron chi connectivity index (χ0n) is 18.9. The molecule has 2 aliphatic heterocycles. The molecule has 1 aromatic carbocycles. The molecule has 4 N–H and O–H groups in total. The lowest BCUT2D eigenvalue weighted by molar-refractivity contribution is -0.129. The number of nitrogens with zero attached hydrogens (tertiary/aromatic N) is 1. The number of aryl methyl sites for hydroxylation is 2. The fourth-order valence-electron chi connectivity index (χ4n) is 3.59. The highest BCUT2D eigenvalue weighted by atomic mass is 32.1. The number of hydrogen-bond acceptors (Lipinski definition) is 6. The van der Waals surface area contributed by atoms with Crippen molar-refractivity contribution in [2.45, 2.75) is 52.6 Å². The standard InChI is InChI=1S/C17H19N3O3S.C6H9NO2/c1-9-4-10(2)14(21)5-13(9)19-17(23)18-6-15-11-7-20(3)16(22)12(11)8-24-15;8-5-3-1-2-4-6(9)7-5/h4-5,8,21H,6-7H2,1-3H3,(H2,18,19,23);1-4H2,(H,7,8,9). The van der Waals surface area contributed by atoms with E-state index in [9.17, 15) is 24.3 Å². The van der Waals surface area contributed by atoms with Gasteiger partial charge in [0.1, 0.15) is 5.75 Å². The molecule has 10 heteroatoms. The smallest absolute Gasteiger partial charge is 0.319 e. The molecule has 1 aromatic heterocycles. The number of nitrogens with one attached hydrogen (secondary N) is 3. The molecule has 176 valence electrons. The monoisotopic (exact) mass is 472 g/mol. The Balaban J connectivity index is 0.000000286. The van der Waals surface area contributed by atoms with E-state index in [4.69, 9.17) is 0 Å². The van der Waals surface area contributed by atoms with E-state index in [1.165, 1.54) is 11.3 Å². The summed E-state index contributed by atoms with van der Waals surface area (Å²) >= 11 is 1.48. The number of phenols is 1. The topological polar surface area (TPSA) is 128 Å². The Bertz CT molecular complexity index is 1080. The number of amides is 5. The van der Waals surface area contributed by atoms with E-state index < -0.39 is 0 Å². The van der Waals surface area contributed by atoms with Gasteiger partial charge in [-0.3, -0.25) is 19.7 Å². The molecule has 0 spiro atoms. The zero-order valence-corrected chi connectivity index (χ0v) is 19.7. The van der Waals surface area contributed by atoms with E-state index in [1.807, 2.05) is 25.3 Å². The van der Waals surface area contributed by atoms with Crippen molar-refractivity contribution in [1.82, 2.24) is 15.5 Å². The second kappa shape index (κ2) is 10.5. The van der Waals surface area contributed by atoms with Crippen LogP contribution < -0.4 is 16.0 Å². The van der Waals surface area contributed by atoms with E-state index in [2.05, 4.69) is 16.0 Å². The molecule has 0 saturated carbocycles. The second-order valence-corrected chi connectivity index (χ2v) is 9.12. The zero-order chi connectivity index (χ0) is 24.1. The number of carbonyl (C=O) groups excluding carboxylic acids is 4. The Hall–Kier alpha value is -3.40. The summed E-state index contributed by atoms with van der Waals surface area (Å²) in [5.74, 6) is -0.0776. The van der Waals surface area contributed by atoms with E-state index in [0.29, 0.717) is 31.6 Å². The number of phenolic OH excluding ortho intramolecular Hbond substituents is 1. The maximum Gasteiger partial charge on any atom is 0.319 e. The third-order valence-electron chi connectivity index (χ3n) is 5.49. The van der Waals surface area contributed by atoms with Crippen LogP contribution in [0, 0.1) is 13.8 Å². The maximum absolute atomic E-state index is 12.1. The molecule has 33 heavy (non-hydrogen) atoms. The van der Waals surface area contributed by atoms with Crippen molar-refractivity contribution in [3.8, 4) is 5.75 Å². The van der Waals surface area contributed by atoms with Gasteiger partial charge in [0.15, 0.2) is 0 Å². The van der Waals surface area contributed by atoms with Gasteiger partial charge in [0.2, 0.25) is 11.8 Å². The third-order valence-corrected chi connectivity index (χ3v) is 6.52. The van der Waals surface area contributed by atoms with Crippen molar-refractivity contribution in [3.05, 3.63) is 44.6 Å². The summed E-state index contributed by atoms with van der Waals surface area (Å²) in [4.78, 5) is 47.8. The molecule has 9 nitrogen and oxygen atoms in total. The van der Waals surface area contributed by atoms with Gasteiger partial charge in [-0.2, -0.15) is 0 Å². The lowest BCUT2D eigenvalue weighted by Crippen LogP contribution is -2.28. The molecule has 2 aliphatic rings. The molecule has 0 aliphatic carbocycles. The van der Waals surface area contributed by atoms with Gasteiger partial charge < -0.3 is 20.6 Å². The van der Waals surface area contributed by atoms with Crippen molar-refractivity contribution in [2.24, 2.45) is 0 Å². The van der Waals surface area contributed by atoms with Gasteiger partial charge in [0, 0.05) is 48.4 Å². The van der Waals surface area contributed by atoms with E-state index in [1.54, 1.807) is 18.0 Å². The molecule has 4 rings (SSSR count). The van der Waals surface area contributed by atoms with Gasteiger partial charge in [0.25, 0.3) is 5.91 Å². The Morgan fingerprint density at radius 1 is 1.12 bits per heavy atom. The van der Waals surface area contributed by atoms with Gasteiger partial charge in [-0.1, -0.05) is 6.07 Å². The van der Waals surface area contributed by atoms with Crippen LogP contribution in [0.2, 0.25) is 0 Å². The van der Waals surface area contributed by atoms with Crippen LogP contribution in [-0.2, 0) is 22.7 Å². The molecular weight excluding hydrogens is 444 g/mol. The highest BCUT2D eigenvalue weighted by molar-refractivity contribution is 7.10. The summed E-state index contributed by atoms with van der Waals surface area (Å²) < 4.78 is 0. The minimum Gasteiger partial charge on any atom is -0.508 e. The van der Waals surface area contributed by atoms with Gasteiger partial charge in [-0.15, -0.1) is 11.3 Å². The Morgan fingerprint density at radius 3 is 2.45 bits per heavy atom. The first-order chi connectivity index (χ1) is 15.7. The maximum atomic E-state index is 12.1. The van der Waals surface area contributed by atoms with Crippen molar-refractivity contribution < 1.29 is 24.3 Å². The number of imide groups is 1. The average molecular weight is 473 g/mol. The summed E-state index contributed by atoms with van der Waals surface area (Å²) in [7, 11) is 1.77. The van der Waals surface area contributed by atoms with Crippen molar-refractivity contribution in [2.75, 3.05) is 12.4 Å². The van der Waals surface area contributed by atoms with Crippen LogP contribution in [-0.4, -0.2) is 40.8 Å². The van der Waals surface area contributed by atoms with Crippen molar-refractivity contribution in [1.29, 1.82) is 0 Å². The molecule has 0 bridgehead atoms. The number of urea groups is 1. The van der Waals surface area contributed by atoms with Crippen LogP contribution in [0.5, 0.6) is 5.75 Å². The van der Waals surface area contributed by atoms with Crippen LogP contribution >= 0.6 is 11.3 Å². The van der Waals surface area contributed by atoms with Gasteiger partial charge in [0.05, 0.1) is 12.1 Å². The predicted octanol–water partition coefficient (Wildman–Crippen LogP) is 3.18. The predicted molar refractivity (Wildman–Crippen MR) is 125 cm³/mol. The molecule has 0 radical (unpaired) electrons. The SMILES string of the molecule is Cc1cc(C)c(NC(=O)NCc2scc3c2CN(C)C3=O)cc1O.O=C1CCCCC(=O)N1. The molecule has 0 atom stereocenters. The minimum absolute atomic E-state index is 0.0303. The van der Waals surface area contributed by atoms with Crippen molar-refractivity contribution in [3.63, 3.8) is 0 Å². The van der Waals surface area contributed by atoms with Crippen molar-refractivity contribution >= 4 is 40.8 Å². The largest absolute Gasteiger partial charge is 0.508 e. The molecule has 5 amide bonds. The fraction of sp³-hybridized carbons (Fsp3) is 0.391. The molecule has 3 heterocycles. The third kappa shape index (κ3) is 6.10. The Labute approximate surface area is 196 Å². The van der Waals surface area contributed by atoms with Crippen LogP contribution in [0.25, 0.3) is 0 Å². The number of benzene rings is 1. The molecule has 1 fully saturated rings. The lowest BCUT2D eigenvalue weighted by atomic mass is 10.1. The van der Waals surface area contributed by atoms with Gasteiger partial charge >= 0.3 is 6.03 Å². The van der Waals surface area contributed by atoms with Crippen LogP contribution in [0.1, 0.15) is 57.6 Å². The quantitative estimate of drug-likeness (QED) is 0.510. The first-order valence-electron chi connectivity index (χ1n) is 10.7. The fourth-order valence-corrected chi connectivity index (χ4v) is 4.57. The van der Waals surface area contributed by atoms with E-state index >= 15 is 0 Å². The summed E-state index contributed by atoms with van der Waals surface area (Å²) in [5, 5.41) is 19.4. The van der Waals surface area contributed by atoms with Crippen LogP contribution in [0.15, 0.2) is 17.5 Å². The first-order valence-corrected chi connectivity index (χ1v) is 11.6. The van der Waals surface area contributed by atoms with Gasteiger partial charge in [-0.25, -0.2) is 4.79 Å². The minimum atomic E-state index is -0.346. The highest BCUT2D eigenvalue weighted by Gasteiger charge is 2.28. The van der Waals surface area contributed by atoms with E-state index in [0.717, 1.165) is 40.0 Å². The summed E-state index contributed by atoms with van der Waals surface area (Å²) in [6, 6.07) is 3.01. The summed E-state index contributed by atoms with van der Waals surface area (Å²) in [6.45, 7) is 4.63. The first kappa shape index (κ1) is 24.2. The number of carbonyl (C=O) groups is 4. The summed E-state index contributed by atoms with van der Waals surface area (Å²) in [5.41, 5.74) is 3.95. The van der Waals surface area contributed by atoms with Crippen LogP contribution in [0.3, 0.4) is 0 Å². The number of fused-ring (bicyclic) bond motifs is 1. The highest BCUT2D eigenvalue weighted by Crippen LogP contribution is 2.30. The molecular formula is C23H28N4O5S. The normalized spacial score (nSPS) is 15.2. The molecule has 0 unspecified atom stereocenters.